The summed E-state index contributed by atoms with van der Waals surface area (Å²) in [7, 11) is 3.26. The zero-order valence-electron chi connectivity index (χ0n) is 18.9. The monoisotopic (exact) mass is 413 g/mol. The van der Waals surface area contributed by atoms with Gasteiger partial charge in [-0.3, -0.25) is 0 Å². The van der Waals surface area contributed by atoms with Gasteiger partial charge in [0.15, 0.2) is 11.5 Å². The van der Waals surface area contributed by atoms with E-state index in [0.29, 0.717) is 24.6 Å². The minimum atomic E-state index is -0.0773. The van der Waals surface area contributed by atoms with Crippen LogP contribution in [0.4, 0.5) is 10.5 Å². The number of nitrogens with one attached hydrogen (secondary N) is 1. The first-order valence-corrected chi connectivity index (χ1v) is 10.6. The molecule has 0 atom stereocenters. The smallest absolute Gasteiger partial charge is 0.321 e. The highest BCUT2D eigenvalue weighted by Gasteiger charge is 2.15. The summed E-state index contributed by atoms with van der Waals surface area (Å²) in [6.45, 7) is 10.4. The molecule has 2 aromatic carbocycles. The Morgan fingerprint density at radius 2 is 1.57 bits per heavy atom. The van der Waals surface area contributed by atoms with E-state index in [-0.39, 0.29) is 6.03 Å². The summed E-state index contributed by atoms with van der Waals surface area (Å²) < 4.78 is 10.7. The summed E-state index contributed by atoms with van der Waals surface area (Å²) in [6.07, 6.45) is 0.736. The highest BCUT2D eigenvalue weighted by molar-refractivity contribution is 5.89. The fourth-order valence-corrected chi connectivity index (χ4v) is 3.26. The molecule has 6 heteroatoms. The molecular weight excluding hydrogens is 378 g/mol. The van der Waals surface area contributed by atoms with Gasteiger partial charge in [0, 0.05) is 25.3 Å². The molecule has 30 heavy (non-hydrogen) atoms. The van der Waals surface area contributed by atoms with Gasteiger partial charge in [-0.25, -0.2) is 4.79 Å². The molecule has 2 amide bonds. The van der Waals surface area contributed by atoms with Crippen molar-refractivity contribution in [2.75, 3.05) is 52.3 Å². The molecule has 164 valence electrons. The maximum absolute atomic E-state index is 13.0. The third kappa shape index (κ3) is 6.95. The van der Waals surface area contributed by atoms with Gasteiger partial charge in [-0.1, -0.05) is 37.6 Å². The normalized spacial score (nSPS) is 10.7. The van der Waals surface area contributed by atoms with Crippen LogP contribution in [0, 0.1) is 6.92 Å². The Kier molecular flexibility index (Phi) is 9.48. The molecule has 6 nitrogen and oxygen atoms in total. The van der Waals surface area contributed by atoms with Crippen LogP contribution >= 0.6 is 0 Å². The second-order valence-electron chi connectivity index (χ2n) is 7.25. The van der Waals surface area contributed by atoms with Gasteiger partial charge in [0.05, 0.1) is 14.2 Å². The zero-order chi connectivity index (χ0) is 21.9. The third-order valence-electron chi connectivity index (χ3n) is 5.29. The second-order valence-corrected chi connectivity index (χ2v) is 7.25. The molecular formula is C24H35N3O3. The Morgan fingerprint density at radius 1 is 0.900 bits per heavy atom. The van der Waals surface area contributed by atoms with E-state index in [0.717, 1.165) is 37.3 Å². The van der Waals surface area contributed by atoms with Crippen LogP contribution in [0.15, 0.2) is 42.5 Å². The second kappa shape index (κ2) is 12.1. The summed E-state index contributed by atoms with van der Waals surface area (Å²) in [6, 6.07) is 13.7. The number of nitrogens with zero attached hydrogens (tertiary/aromatic N) is 2. The lowest BCUT2D eigenvalue weighted by molar-refractivity contribution is 0.198. The molecule has 0 saturated heterocycles. The Bertz CT molecular complexity index is 789. The molecule has 0 saturated carbocycles. The molecule has 0 unspecified atom stereocenters. The van der Waals surface area contributed by atoms with Gasteiger partial charge in [-0.15, -0.1) is 0 Å². The number of amides is 2. The number of rotatable bonds is 11. The number of carbonyl (C=O) groups excluding carboxylic acids is 1. The number of aryl methyl sites for hydroxylation is 1. The molecule has 0 heterocycles. The Balaban J connectivity index is 2.08. The Labute approximate surface area is 180 Å². The van der Waals surface area contributed by atoms with Crippen molar-refractivity contribution < 1.29 is 14.3 Å². The van der Waals surface area contributed by atoms with E-state index in [1.807, 2.05) is 54.3 Å². The van der Waals surface area contributed by atoms with E-state index in [2.05, 4.69) is 24.1 Å². The minimum Gasteiger partial charge on any atom is -0.493 e. The number of hydrogen-bond donors (Lipinski definition) is 1. The van der Waals surface area contributed by atoms with Gasteiger partial charge in [-0.05, 0) is 56.3 Å². The van der Waals surface area contributed by atoms with Gasteiger partial charge < -0.3 is 24.6 Å². The van der Waals surface area contributed by atoms with E-state index in [4.69, 9.17) is 9.47 Å². The predicted molar refractivity (Wildman–Crippen MR) is 123 cm³/mol. The van der Waals surface area contributed by atoms with Crippen molar-refractivity contribution in [3.8, 4) is 11.5 Å². The van der Waals surface area contributed by atoms with Crippen LogP contribution in [-0.4, -0.2) is 62.8 Å². The SMILES string of the molecule is CCN(CC)CCN(CCc1ccc(OC)c(OC)c1)C(=O)Nc1ccc(C)cc1. The Morgan fingerprint density at radius 3 is 2.17 bits per heavy atom. The average Bonchev–Trinajstić information content (AvgIpc) is 2.77. The minimum absolute atomic E-state index is 0.0773. The molecule has 0 fully saturated rings. The van der Waals surface area contributed by atoms with Crippen LogP contribution in [0.3, 0.4) is 0 Å². The zero-order valence-corrected chi connectivity index (χ0v) is 18.9. The fraction of sp³-hybridized carbons (Fsp3) is 0.458. The van der Waals surface area contributed by atoms with Crippen LogP contribution in [0.25, 0.3) is 0 Å². The summed E-state index contributed by atoms with van der Waals surface area (Å²) in [4.78, 5) is 17.2. The number of likely N-dealkylation sites (N-methyl/N-ethyl adjacent to an activating group) is 1. The van der Waals surface area contributed by atoms with Crippen LogP contribution in [0.2, 0.25) is 0 Å². The molecule has 2 aromatic rings. The average molecular weight is 414 g/mol. The van der Waals surface area contributed by atoms with E-state index >= 15 is 0 Å². The highest BCUT2D eigenvalue weighted by Crippen LogP contribution is 2.27. The standard InChI is InChI=1S/C24H35N3O3/c1-6-26(7-2)16-17-27(24(28)25-21-11-8-19(3)9-12-21)15-14-20-10-13-22(29-4)23(18-20)30-5/h8-13,18H,6-7,14-17H2,1-5H3,(H,25,28). The number of hydrogen-bond acceptors (Lipinski definition) is 4. The van der Waals surface area contributed by atoms with Gasteiger partial charge in [0.1, 0.15) is 0 Å². The summed E-state index contributed by atoms with van der Waals surface area (Å²) >= 11 is 0. The molecule has 0 aliphatic carbocycles. The first-order chi connectivity index (χ1) is 14.5. The lowest BCUT2D eigenvalue weighted by Crippen LogP contribution is -2.42. The quantitative estimate of drug-likeness (QED) is 0.592. The first kappa shape index (κ1) is 23.5. The van der Waals surface area contributed by atoms with Crippen LogP contribution in [-0.2, 0) is 6.42 Å². The molecule has 0 aromatic heterocycles. The van der Waals surface area contributed by atoms with Crippen molar-refractivity contribution in [2.45, 2.75) is 27.2 Å². The molecule has 0 aliphatic heterocycles. The number of urea groups is 1. The number of methoxy groups -OCH3 is 2. The summed E-state index contributed by atoms with van der Waals surface area (Å²) in [5, 5.41) is 3.03. The van der Waals surface area contributed by atoms with Gasteiger partial charge >= 0.3 is 6.03 Å². The molecule has 0 aliphatic rings. The van der Waals surface area contributed by atoms with Crippen molar-refractivity contribution in [3.63, 3.8) is 0 Å². The fourth-order valence-electron chi connectivity index (χ4n) is 3.26. The molecule has 1 N–H and O–H groups in total. The van der Waals surface area contributed by atoms with Crippen molar-refractivity contribution in [1.29, 1.82) is 0 Å². The lowest BCUT2D eigenvalue weighted by Gasteiger charge is -2.27. The van der Waals surface area contributed by atoms with Gasteiger partial charge in [-0.2, -0.15) is 0 Å². The molecule has 0 bridgehead atoms. The highest BCUT2D eigenvalue weighted by atomic mass is 16.5. The lowest BCUT2D eigenvalue weighted by atomic mass is 10.1. The van der Waals surface area contributed by atoms with E-state index < -0.39 is 0 Å². The molecule has 2 rings (SSSR count). The first-order valence-electron chi connectivity index (χ1n) is 10.6. The van der Waals surface area contributed by atoms with Crippen LogP contribution < -0.4 is 14.8 Å². The molecule has 0 radical (unpaired) electrons. The van der Waals surface area contributed by atoms with Crippen LogP contribution in [0.5, 0.6) is 11.5 Å². The van der Waals surface area contributed by atoms with Crippen molar-refractivity contribution in [3.05, 3.63) is 53.6 Å². The van der Waals surface area contributed by atoms with E-state index in [1.165, 1.54) is 5.56 Å². The number of ether oxygens (including phenoxy) is 2. The van der Waals surface area contributed by atoms with Crippen LogP contribution in [0.1, 0.15) is 25.0 Å². The van der Waals surface area contributed by atoms with Gasteiger partial charge in [0.2, 0.25) is 0 Å². The van der Waals surface area contributed by atoms with Crippen molar-refractivity contribution in [2.24, 2.45) is 0 Å². The third-order valence-corrected chi connectivity index (χ3v) is 5.29. The summed E-state index contributed by atoms with van der Waals surface area (Å²) in [5.41, 5.74) is 3.08. The number of carbonyl (C=O) groups is 1. The number of benzene rings is 2. The van der Waals surface area contributed by atoms with E-state index in [9.17, 15) is 4.79 Å². The van der Waals surface area contributed by atoms with Crippen molar-refractivity contribution >= 4 is 11.7 Å². The van der Waals surface area contributed by atoms with Crippen molar-refractivity contribution in [1.82, 2.24) is 9.80 Å². The molecule has 0 spiro atoms. The van der Waals surface area contributed by atoms with Gasteiger partial charge in [0.25, 0.3) is 0 Å². The maximum Gasteiger partial charge on any atom is 0.321 e. The number of anilines is 1. The Hall–Kier alpha value is -2.73. The van der Waals surface area contributed by atoms with E-state index in [1.54, 1.807) is 14.2 Å². The predicted octanol–water partition coefficient (Wildman–Crippen LogP) is 4.43. The summed E-state index contributed by atoms with van der Waals surface area (Å²) in [5.74, 6) is 1.41. The topological polar surface area (TPSA) is 54.0 Å². The maximum atomic E-state index is 13.0. The largest absolute Gasteiger partial charge is 0.493 e.